The molecule has 0 radical (unpaired) electrons. The molecule has 4 heterocycles. The number of para-hydroxylation sites is 1. The van der Waals surface area contributed by atoms with E-state index in [-0.39, 0.29) is 22.7 Å². The number of benzene rings is 2. The van der Waals surface area contributed by atoms with Crippen LogP contribution in [0.25, 0.3) is 10.2 Å². The fourth-order valence-electron chi connectivity index (χ4n) is 9.10. The average Bonchev–Trinajstić information content (AvgIpc) is 3.74. The smallest absolute Gasteiger partial charge is 0.357 e. The minimum Gasteiger partial charge on any atom is -0.491 e. The Balaban J connectivity index is 0.963. The molecule has 0 spiro atoms. The number of hydrogen-bond donors (Lipinski definition) is 0. The average molecular weight is 844 g/mol. The van der Waals surface area contributed by atoms with Crippen molar-refractivity contribution in [1.29, 1.82) is 0 Å². The van der Waals surface area contributed by atoms with Crippen molar-refractivity contribution in [2.24, 2.45) is 10.4 Å². The molecular formula is C43H54FN7O4S2Si. The maximum atomic E-state index is 15.2. The van der Waals surface area contributed by atoms with Crippen LogP contribution in [0.15, 0.2) is 47.5 Å². The molecule has 3 aliphatic carbocycles. The number of ether oxygens (including phenoxy) is 3. The molecule has 1 aliphatic heterocycles. The van der Waals surface area contributed by atoms with Gasteiger partial charge in [0.2, 0.25) is 0 Å². The highest BCUT2D eigenvalue weighted by Crippen LogP contribution is 2.73. The van der Waals surface area contributed by atoms with E-state index in [1.54, 1.807) is 23.5 Å². The summed E-state index contributed by atoms with van der Waals surface area (Å²) in [7, 11) is 4.39. The predicted octanol–water partition coefficient (Wildman–Crippen LogP) is 8.81. The quantitative estimate of drug-likeness (QED) is 0.0548. The van der Waals surface area contributed by atoms with Crippen molar-refractivity contribution in [3.8, 4) is 5.75 Å². The van der Waals surface area contributed by atoms with E-state index in [0.717, 1.165) is 93.7 Å². The highest BCUT2D eigenvalue weighted by Gasteiger charge is 2.67. The molecule has 15 heteroatoms. The van der Waals surface area contributed by atoms with Gasteiger partial charge in [0.1, 0.15) is 6.73 Å². The first-order chi connectivity index (χ1) is 27.8. The second-order valence-corrected chi connectivity index (χ2v) is 25.5. The molecule has 3 aromatic heterocycles. The molecular weight excluding hydrogens is 790 g/mol. The fourth-order valence-corrected chi connectivity index (χ4v) is 12.0. The van der Waals surface area contributed by atoms with Crippen LogP contribution in [-0.4, -0.2) is 86.2 Å². The van der Waals surface area contributed by atoms with Crippen LogP contribution in [0.5, 0.6) is 5.75 Å². The molecule has 3 saturated carbocycles. The first-order valence-corrected chi connectivity index (χ1v) is 25.6. The number of nitrogens with zero attached hydrogens (tertiary/aromatic N) is 7. The van der Waals surface area contributed by atoms with Gasteiger partial charge in [0, 0.05) is 43.8 Å². The molecule has 58 heavy (non-hydrogen) atoms. The van der Waals surface area contributed by atoms with Crippen molar-refractivity contribution in [1.82, 2.24) is 24.6 Å². The number of rotatable bonds is 16. The maximum Gasteiger partial charge on any atom is 0.357 e. The lowest BCUT2D eigenvalue weighted by Crippen LogP contribution is -2.67. The van der Waals surface area contributed by atoms with Crippen LogP contribution < -0.4 is 14.4 Å². The molecule has 0 amide bonds. The third-order valence-corrected chi connectivity index (χ3v) is 15.7. The summed E-state index contributed by atoms with van der Waals surface area (Å²) in [5, 5.41) is 10.1. The Labute approximate surface area is 348 Å². The largest absolute Gasteiger partial charge is 0.491 e. The molecule has 308 valence electrons. The number of carbonyl (C=O) groups is 1. The SMILES string of the molecule is COC(=O)c1nc(N2CCCc3c2nnc(N=c2sc4ccccc4n2COCC[Si](C)(C)C)c3C)sc1CCCOc1ccc(C23CC(CN(C)C)(C2)C3)cc1F. The minimum absolute atomic E-state index is 0.130. The normalized spacial score (nSPS) is 20.3. The topological polar surface area (TPSA) is 107 Å². The van der Waals surface area contributed by atoms with E-state index in [2.05, 4.69) is 72.3 Å². The monoisotopic (exact) mass is 843 g/mol. The number of esters is 1. The Morgan fingerprint density at radius 1 is 1.07 bits per heavy atom. The Bertz CT molecular complexity index is 2380. The van der Waals surface area contributed by atoms with Crippen LogP contribution in [0, 0.1) is 18.2 Å². The van der Waals surface area contributed by atoms with E-state index in [0.29, 0.717) is 49.1 Å². The molecule has 2 bridgehead atoms. The van der Waals surface area contributed by atoms with Crippen molar-refractivity contribution < 1.29 is 23.4 Å². The number of anilines is 2. The Morgan fingerprint density at radius 2 is 1.86 bits per heavy atom. The van der Waals surface area contributed by atoms with Gasteiger partial charge in [-0.05, 0) is 113 Å². The number of thiazole rings is 2. The number of carbonyl (C=O) groups excluding carboxylic acids is 1. The lowest BCUT2D eigenvalue weighted by molar-refractivity contribution is -0.151. The molecule has 5 aromatic rings. The summed E-state index contributed by atoms with van der Waals surface area (Å²) in [6, 6.07) is 14.9. The van der Waals surface area contributed by atoms with Gasteiger partial charge in [-0.1, -0.05) is 49.2 Å². The van der Waals surface area contributed by atoms with Gasteiger partial charge >= 0.3 is 5.97 Å². The molecule has 0 N–H and O–H groups in total. The van der Waals surface area contributed by atoms with Crippen molar-refractivity contribution in [3.05, 3.63) is 80.3 Å². The molecule has 2 aromatic carbocycles. The van der Waals surface area contributed by atoms with Gasteiger partial charge in [0.05, 0.1) is 23.9 Å². The molecule has 4 aliphatic rings. The van der Waals surface area contributed by atoms with Crippen LogP contribution >= 0.6 is 22.7 Å². The molecule has 0 saturated heterocycles. The zero-order valence-electron chi connectivity index (χ0n) is 34.7. The van der Waals surface area contributed by atoms with Gasteiger partial charge in [-0.2, -0.15) is 4.99 Å². The van der Waals surface area contributed by atoms with Gasteiger partial charge in [-0.3, -0.25) is 4.57 Å². The number of fused-ring (bicyclic) bond motifs is 2. The first kappa shape index (κ1) is 40.7. The number of aryl methyl sites for hydroxylation is 1. The second kappa shape index (κ2) is 16.2. The molecule has 11 nitrogen and oxygen atoms in total. The van der Waals surface area contributed by atoms with Gasteiger partial charge < -0.3 is 24.0 Å². The molecule has 0 atom stereocenters. The summed E-state index contributed by atoms with van der Waals surface area (Å²) < 4.78 is 35.8. The van der Waals surface area contributed by atoms with Crippen molar-refractivity contribution in [2.45, 2.75) is 89.7 Å². The van der Waals surface area contributed by atoms with Crippen LogP contribution in [0.1, 0.15) is 64.2 Å². The van der Waals surface area contributed by atoms with E-state index in [1.165, 1.54) is 18.4 Å². The van der Waals surface area contributed by atoms with Crippen molar-refractivity contribution >= 4 is 63.7 Å². The first-order valence-electron chi connectivity index (χ1n) is 20.3. The summed E-state index contributed by atoms with van der Waals surface area (Å²) in [6.45, 7) is 12.3. The van der Waals surface area contributed by atoms with Crippen LogP contribution in [0.2, 0.25) is 25.7 Å². The van der Waals surface area contributed by atoms with E-state index in [4.69, 9.17) is 29.3 Å². The zero-order chi connectivity index (χ0) is 40.8. The van der Waals surface area contributed by atoms with E-state index >= 15 is 4.39 Å². The molecule has 3 fully saturated rings. The fraction of sp³-hybridized carbons (Fsp3) is 0.512. The Hall–Kier alpha value is -4.02. The van der Waals surface area contributed by atoms with Crippen LogP contribution in [0.4, 0.5) is 21.2 Å². The third kappa shape index (κ3) is 8.12. The lowest BCUT2D eigenvalue weighted by atomic mass is 9.33. The van der Waals surface area contributed by atoms with Crippen LogP contribution in [-0.2, 0) is 34.5 Å². The van der Waals surface area contributed by atoms with Crippen molar-refractivity contribution in [2.75, 3.05) is 52.4 Å². The number of methoxy groups -OCH3 is 1. The summed E-state index contributed by atoms with van der Waals surface area (Å²) in [6.07, 6.45) is 6.21. The summed E-state index contributed by atoms with van der Waals surface area (Å²) >= 11 is 3.06. The van der Waals surface area contributed by atoms with E-state index in [9.17, 15) is 4.79 Å². The molecule has 0 unspecified atom stereocenters. The minimum atomic E-state index is -1.22. The second-order valence-electron chi connectivity index (χ2n) is 17.9. The maximum absolute atomic E-state index is 15.2. The van der Waals surface area contributed by atoms with Crippen LogP contribution in [0.3, 0.4) is 0 Å². The van der Waals surface area contributed by atoms with Gasteiger partial charge in [-0.25, -0.2) is 14.2 Å². The summed E-state index contributed by atoms with van der Waals surface area (Å²) in [5.41, 5.74) is 5.03. The van der Waals surface area contributed by atoms with E-state index in [1.807, 2.05) is 18.2 Å². The van der Waals surface area contributed by atoms with Gasteiger partial charge in [0.15, 0.2) is 38.8 Å². The zero-order valence-corrected chi connectivity index (χ0v) is 37.3. The number of hydrogen-bond acceptors (Lipinski definition) is 12. The predicted molar refractivity (Wildman–Crippen MR) is 231 cm³/mol. The van der Waals surface area contributed by atoms with Gasteiger partial charge in [0.25, 0.3) is 0 Å². The number of aromatic nitrogens is 4. The van der Waals surface area contributed by atoms with Crippen molar-refractivity contribution in [3.63, 3.8) is 0 Å². The third-order valence-electron chi connectivity index (χ3n) is 11.8. The summed E-state index contributed by atoms with van der Waals surface area (Å²) in [4.78, 5) is 28.7. The number of halogens is 1. The van der Waals surface area contributed by atoms with Gasteiger partial charge in [-0.15, -0.1) is 21.5 Å². The highest BCUT2D eigenvalue weighted by atomic mass is 32.1. The Morgan fingerprint density at radius 3 is 2.60 bits per heavy atom. The van der Waals surface area contributed by atoms with E-state index < -0.39 is 14.0 Å². The summed E-state index contributed by atoms with van der Waals surface area (Å²) in [5.74, 6) is 0.759. The highest BCUT2D eigenvalue weighted by molar-refractivity contribution is 7.16. The standard InChI is InChI=1S/C43H54FN7O4S2Si/c1-28-30-12-10-18-50(38(30)48-47-37(28)46-41-51(27-54-20-21-58(5,6)7)32-13-8-9-14-34(32)56-41)40-45-36(39(52)53-4)35(57-40)15-11-19-55-33-17-16-29(22-31(33)44)43-23-42(24-43,25-43)26-49(2)3/h8-9,13-14,16-17,22H,10-12,15,18-21,23-27H2,1-7H3. The Kier molecular flexibility index (Phi) is 11.4. The lowest BCUT2D eigenvalue weighted by Gasteiger charge is -2.72. The molecule has 9 rings (SSSR count).